The van der Waals surface area contributed by atoms with Gasteiger partial charge in [-0.3, -0.25) is 0 Å². The van der Waals surface area contributed by atoms with Crippen molar-refractivity contribution in [2.75, 3.05) is 19.8 Å². The minimum absolute atomic E-state index is 0.175. The van der Waals surface area contributed by atoms with Gasteiger partial charge < -0.3 is 10.1 Å². The van der Waals surface area contributed by atoms with E-state index < -0.39 is 0 Å². The van der Waals surface area contributed by atoms with Crippen molar-refractivity contribution < 1.29 is 9.13 Å². The Bertz CT molecular complexity index is 540. The van der Waals surface area contributed by atoms with Crippen molar-refractivity contribution in [1.29, 1.82) is 0 Å². The summed E-state index contributed by atoms with van der Waals surface area (Å²) in [5.74, 6) is -0.175. The van der Waals surface area contributed by atoms with E-state index in [1.807, 2.05) is 6.07 Å². The molecule has 0 amide bonds. The highest BCUT2D eigenvalue weighted by atomic mass is 32.1. The maximum Gasteiger partial charge on any atom is 0.124 e. The molecule has 1 aromatic heterocycles. The third-order valence-corrected chi connectivity index (χ3v) is 4.33. The van der Waals surface area contributed by atoms with Gasteiger partial charge in [0.25, 0.3) is 0 Å². The Balaban J connectivity index is 2.15. The quantitative estimate of drug-likeness (QED) is 0.724. The van der Waals surface area contributed by atoms with Crippen LogP contribution in [0.15, 0.2) is 24.3 Å². The molecule has 0 saturated carbocycles. The van der Waals surface area contributed by atoms with Crippen LogP contribution < -0.4 is 5.32 Å². The van der Waals surface area contributed by atoms with Crippen molar-refractivity contribution in [3.8, 4) is 0 Å². The SMILES string of the molecule is CCCNC(COCCC)c1cc2ccc(F)cc2s1. The number of hydrogen-bond acceptors (Lipinski definition) is 3. The molecule has 0 saturated heterocycles. The molecule has 0 fully saturated rings. The molecule has 0 aliphatic heterocycles. The molecule has 1 N–H and O–H groups in total. The molecule has 4 heteroatoms. The lowest BCUT2D eigenvalue weighted by Gasteiger charge is -2.17. The molecule has 110 valence electrons. The third-order valence-electron chi connectivity index (χ3n) is 3.12. The summed E-state index contributed by atoms with van der Waals surface area (Å²) in [5, 5.41) is 4.61. The maximum atomic E-state index is 13.3. The Labute approximate surface area is 124 Å². The Morgan fingerprint density at radius 3 is 2.85 bits per heavy atom. The average Bonchev–Trinajstić information content (AvgIpc) is 2.85. The maximum absolute atomic E-state index is 13.3. The second-order valence-corrected chi connectivity index (χ2v) is 6.03. The van der Waals surface area contributed by atoms with Crippen molar-refractivity contribution in [2.24, 2.45) is 0 Å². The fourth-order valence-corrected chi connectivity index (χ4v) is 3.25. The van der Waals surface area contributed by atoms with Crippen molar-refractivity contribution in [3.63, 3.8) is 0 Å². The summed E-state index contributed by atoms with van der Waals surface area (Å²) in [5.41, 5.74) is 0. The molecular formula is C16H22FNOS. The molecule has 0 bridgehead atoms. The standard InChI is InChI=1S/C16H22FNOS/c1-3-7-18-14(11-19-8-4-2)16-9-12-5-6-13(17)10-15(12)20-16/h5-6,9-10,14,18H,3-4,7-8,11H2,1-2H3. The van der Waals surface area contributed by atoms with E-state index in [0.717, 1.165) is 36.1 Å². The number of rotatable bonds is 8. The van der Waals surface area contributed by atoms with Gasteiger partial charge in [0.1, 0.15) is 5.82 Å². The van der Waals surface area contributed by atoms with Gasteiger partial charge >= 0.3 is 0 Å². The minimum atomic E-state index is -0.175. The largest absolute Gasteiger partial charge is 0.379 e. The predicted octanol–water partition coefficient (Wildman–Crippen LogP) is 4.51. The van der Waals surface area contributed by atoms with Crippen molar-refractivity contribution in [3.05, 3.63) is 35.0 Å². The van der Waals surface area contributed by atoms with E-state index in [1.165, 1.54) is 10.9 Å². The Morgan fingerprint density at radius 2 is 2.10 bits per heavy atom. The number of halogens is 1. The molecule has 0 aliphatic carbocycles. The van der Waals surface area contributed by atoms with Gasteiger partial charge in [0.15, 0.2) is 0 Å². The molecule has 1 aromatic carbocycles. The van der Waals surface area contributed by atoms with Gasteiger partial charge in [-0.2, -0.15) is 0 Å². The first-order chi connectivity index (χ1) is 9.74. The van der Waals surface area contributed by atoms with Crippen LogP contribution in [0.4, 0.5) is 4.39 Å². The average molecular weight is 295 g/mol. The Morgan fingerprint density at radius 1 is 1.25 bits per heavy atom. The van der Waals surface area contributed by atoms with E-state index in [9.17, 15) is 4.39 Å². The van der Waals surface area contributed by atoms with E-state index in [1.54, 1.807) is 17.4 Å². The van der Waals surface area contributed by atoms with Gasteiger partial charge in [0.05, 0.1) is 12.6 Å². The second-order valence-electron chi connectivity index (χ2n) is 4.91. The fraction of sp³-hybridized carbons (Fsp3) is 0.500. The Kier molecular flexibility index (Phi) is 5.95. The summed E-state index contributed by atoms with van der Waals surface area (Å²) in [4.78, 5) is 1.22. The summed E-state index contributed by atoms with van der Waals surface area (Å²) in [6, 6.07) is 7.30. The number of fused-ring (bicyclic) bond motifs is 1. The van der Waals surface area contributed by atoms with Crippen LogP contribution >= 0.6 is 11.3 Å². The van der Waals surface area contributed by atoms with Crippen LogP contribution in [0.2, 0.25) is 0 Å². The molecule has 2 rings (SSSR count). The summed E-state index contributed by atoms with van der Waals surface area (Å²) in [6.45, 7) is 6.67. The Hall–Kier alpha value is -0.970. The molecule has 2 aromatic rings. The van der Waals surface area contributed by atoms with E-state index in [2.05, 4.69) is 25.2 Å². The van der Waals surface area contributed by atoms with E-state index in [0.29, 0.717) is 6.61 Å². The van der Waals surface area contributed by atoms with Crippen LogP contribution in [0.5, 0.6) is 0 Å². The highest BCUT2D eigenvalue weighted by molar-refractivity contribution is 7.19. The monoisotopic (exact) mass is 295 g/mol. The predicted molar refractivity (Wildman–Crippen MR) is 83.9 cm³/mol. The van der Waals surface area contributed by atoms with Crippen LogP contribution in [0.25, 0.3) is 10.1 Å². The van der Waals surface area contributed by atoms with Gasteiger partial charge in [-0.1, -0.05) is 19.9 Å². The number of thiophene rings is 1. The molecule has 1 heterocycles. The summed E-state index contributed by atoms with van der Waals surface area (Å²) in [7, 11) is 0. The number of hydrogen-bond donors (Lipinski definition) is 1. The second kappa shape index (κ2) is 7.72. The number of ether oxygens (including phenoxy) is 1. The van der Waals surface area contributed by atoms with Crippen molar-refractivity contribution in [2.45, 2.75) is 32.7 Å². The molecule has 0 aliphatic rings. The third kappa shape index (κ3) is 4.01. The lowest BCUT2D eigenvalue weighted by molar-refractivity contribution is 0.113. The molecule has 2 nitrogen and oxygen atoms in total. The lowest BCUT2D eigenvalue weighted by Crippen LogP contribution is -2.25. The summed E-state index contributed by atoms with van der Waals surface area (Å²) < 4.78 is 19.9. The molecular weight excluding hydrogens is 273 g/mol. The fourth-order valence-electron chi connectivity index (χ4n) is 2.10. The van der Waals surface area contributed by atoms with Crippen LogP contribution in [0.3, 0.4) is 0 Å². The van der Waals surface area contributed by atoms with E-state index in [4.69, 9.17) is 4.74 Å². The number of nitrogens with one attached hydrogen (secondary N) is 1. The molecule has 1 unspecified atom stereocenters. The van der Waals surface area contributed by atoms with Crippen LogP contribution in [-0.4, -0.2) is 19.8 Å². The van der Waals surface area contributed by atoms with Crippen molar-refractivity contribution in [1.82, 2.24) is 5.32 Å². The van der Waals surface area contributed by atoms with Gasteiger partial charge in [-0.25, -0.2) is 4.39 Å². The smallest absolute Gasteiger partial charge is 0.124 e. The summed E-state index contributed by atoms with van der Waals surface area (Å²) in [6.07, 6.45) is 2.11. The normalized spacial score (nSPS) is 12.9. The zero-order valence-corrected chi connectivity index (χ0v) is 12.9. The molecule has 0 radical (unpaired) electrons. The zero-order valence-electron chi connectivity index (χ0n) is 12.1. The lowest BCUT2D eigenvalue weighted by atomic mass is 10.2. The topological polar surface area (TPSA) is 21.3 Å². The van der Waals surface area contributed by atoms with Gasteiger partial charge in [0.2, 0.25) is 0 Å². The molecule has 1 atom stereocenters. The van der Waals surface area contributed by atoms with Crippen LogP contribution in [0.1, 0.15) is 37.6 Å². The van der Waals surface area contributed by atoms with Crippen LogP contribution in [0, 0.1) is 5.82 Å². The van der Waals surface area contributed by atoms with E-state index in [-0.39, 0.29) is 11.9 Å². The van der Waals surface area contributed by atoms with Crippen molar-refractivity contribution >= 4 is 21.4 Å². The van der Waals surface area contributed by atoms with Crippen LogP contribution in [-0.2, 0) is 4.74 Å². The van der Waals surface area contributed by atoms with E-state index >= 15 is 0 Å². The molecule has 0 spiro atoms. The highest BCUT2D eigenvalue weighted by Gasteiger charge is 2.14. The van der Waals surface area contributed by atoms with Gasteiger partial charge in [0, 0.05) is 16.2 Å². The molecule has 20 heavy (non-hydrogen) atoms. The first-order valence-corrected chi connectivity index (χ1v) is 8.06. The zero-order chi connectivity index (χ0) is 14.4. The van der Waals surface area contributed by atoms with Gasteiger partial charge in [-0.05, 0) is 43.0 Å². The highest BCUT2D eigenvalue weighted by Crippen LogP contribution is 2.30. The summed E-state index contributed by atoms with van der Waals surface area (Å²) >= 11 is 1.65. The minimum Gasteiger partial charge on any atom is -0.379 e. The van der Waals surface area contributed by atoms with Gasteiger partial charge in [-0.15, -0.1) is 11.3 Å². The first kappa shape index (κ1) is 15.4. The first-order valence-electron chi connectivity index (χ1n) is 7.24. The number of benzene rings is 1.